The van der Waals surface area contributed by atoms with Crippen LogP contribution in [0.4, 0.5) is 5.69 Å². The summed E-state index contributed by atoms with van der Waals surface area (Å²) in [5.74, 6) is -0.0561. The second-order valence-electron chi connectivity index (χ2n) is 5.98. The number of aromatic nitrogens is 2. The molecule has 2 amide bonds. The molecule has 7 heteroatoms. The van der Waals surface area contributed by atoms with Gasteiger partial charge >= 0.3 is 0 Å². The first-order valence-corrected chi connectivity index (χ1v) is 8.22. The van der Waals surface area contributed by atoms with Crippen LogP contribution in [0.1, 0.15) is 18.4 Å². The summed E-state index contributed by atoms with van der Waals surface area (Å²) >= 11 is 5.98. The van der Waals surface area contributed by atoms with Crippen molar-refractivity contribution in [2.45, 2.75) is 25.3 Å². The molecular weight excluding hydrogens is 328 g/mol. The first-order chi connectivity index (χ1) is 11.5. The molecule has 2 heterocycles. The van der Waals surface area contributed by atoms with E-state index in [0.717, 1.165) is 11.3 Å². The minimum absolute atomic E-state index is 0.00479. The van der Waals surface area contributed by atoms with Gasteiger partial charge in [0.2, 0.25) is 11.8 Å². The lowest BCUT2D eigenvalue weighted by molar-refractivity contribution is -0.121. The third-order valence-corrected chi connectivity index (χ3v) is 4.24. The second-order valence-corrected chi connectivity index (χ2v) is 6.41. The number of anilines is 1. The van der Waals surface area contributed by atoms with Crippen molar-refractivity contribution in [1.82, 2.24) is 15.1 Å². The maximum absolute atomic E-state index is 12.2. The van der Waals surface area contributed by atoms with Crippen LogP contribution >= 0.6 is 11.6 Å². The van der Waals surface area contributed by atoms with Crippen LogP contribution in [0.2, 0.25) is 5.02 Å². The molecule has 1 aliphatic heterocycles. The fourth-order valence-electron chi connectivity index (χ4n) is 2.86. The van der Waals surface area contributed by atoms with Gasteiger partial charge in [0.15, 0.2) is 0 Å². The number of rotatable bonds is 5. The Kier molecular flexibility index (Phi) is 4.85. The van der Waals surface area contributed by atoms with Crippen LogP contribution in [0, 0.1) is 0 Å². The van der Waals surface area contributed by atoms with Crippen LogP contribution in [0.5, 0.6) is 0 Å². The molecule has 1 N–H and O–H groups in total. The van der Waals surface area contributed by atoms with E-state index >= 15 is 0 Å². The molecule has 3 rings (SSSR count). The van der Waals surface area contributed by atoms with Gasteiger partial charge in [-0.05, 0) is 30.2 Å². The zero-order chi connectivity index (χ0) is 17.1. The highest BCUT2D eigenvalue weighted by molar-refractivity contribution is 6.30. The van der Waals surface area contributed by atoms with Crippen molar-refractivity contribution in [3.63, 3.8) is 0 Å². The number of nitrogens with one attached hydrogen (secondary N) is 1. The van der Waals surface area contributed by atoms with Crippen molar-refractivity contribution >= 4 is 29.1 Å². The number of aryl methyl sites for hydroxylation is 2. The second kappa shape index (κ2) is 7.05. The van der Waals surface area contributed by atoms with E-state index in [1.54, 1.807) is 27.9 Å². The molecule has 0 unspecified atom stereocenters. The largest absolute Gasteiger partial charge is 0.351 e. The summed E-state index contributed by atoms with van der Waals surface area (Å²) in [6, 6.07) is 7.01. The van der Waals surface area contributed by atoms with E-state index < -0.39 is 0 Å². The standard InChI is InChI=1S/C17H19ClN4O2/c1-21-10-12(9-19-21)5-6-16(23)20-14-8-17(24)22(11-14)15-4-2-3-13(18)7-15/h2-4,7,9-10,14H,5-6,8,11H2,1H3,(H,20,23)/t14-/m1/s1. The molecule has 126 valence electrons. The molecular formula is C17H19ClN4O2. The number of carbonyl (C=O) groups is 2. The number of carbonyl (C=O) groups excluding carboxylic acids is 2. The van der Waals surface area contributed by atoms with Gasteiger partial charge < -0.3 is 10.2 Å². The van der Waals surface area contributed by atoms with Gasteiger partial charge in [-0.25, -0.2) is 0 Å². The number of hydrogen-bond donors (Lipinski definition) is 1. The Balaban J connectivity index is 1.53. The molecule has 2 aromatic rings. The molecule has 1 atom stereocenters. The van der Waals surface area contributed by atoms with E-state index in [0.29, 0.717) is 30.8 Å². The third-order valence-electron chi connectivity index (χ3n) is 4.01. The fourth-order valence-corrected chi connectivity index (χ4v) is 3.04. The van der Waals surface area contributed by atoms with Gasteiger partial charge in [0.05, 0.1) is 12.2 Å². The van der Waals surface area contributed by atoms with Gasteiger partial charge in [-0.1, -0.05) is 17.7 Å². The van der Waals surface area contributed by atoms with Crippen molar-refractivity contribution in [3.05, 3.63) is 47.2 Å². The highest BCUT2D eigenvalue weighted by atomic mass is 35.5. The van der Waals surface area contributed by atoms with Crippen molar-refractivity contribution in [2.24, 2.45) is 7.05 Å². The van der Waals surface area contributed by atoms with Crippen LogP contribution in [0.3, 0.4) is 0 Å². The van der Waals surface area contributed by atoms with Crippen molar-refractivity contribution < 1.29 is 9.59 Å². The summed E-state index contributed by atoms with van der Waals surface area (Å²) in [6.45, 7) is 0.470. The molecule has 1 aromatic carbocycles. The lowest BCUT2D eigenvalue weighted by Gasteiger charge is -2.17. The van der Waals surface area contributed by atoms with E-state index in [4.69, 9.17) is 11.6 Å². The summed E-state index contributed by atoms with van der Waals surface area (Å²) < 4.78 is 1.71. The van der Waals surface area contributed by atoms with Crippen molar-refractivity contribution in [2.75, 3.05) is 11.4 Å². The molecule has 1 aliphatic rings. The molecule has 1 saturated heterocycles. The predicted molar refractivity (Wildman–Crippen MR) is 91.9 cm³/mol. The number of hydrogen-bond acceptors (Lipinski definition) is 3. The zero-order valence-corrected chi connectivity index (χ0v) is 14.2. The maximum atomic E-state index is 12.2. The zero-order valence-electron chi connectivity index (χ0n) is 13.4. The highest BCUT2D eigenvalue weighted by Gasteiger charge is 2.31. The fraction of sp³-hybridized carbons (Fsp3) is 0.353. The molecule has 1 fully saturated rings. The average molecular weight is 347 g/mol. The topological polar surface area (TPSA) is 67.2 Å². The molecule has 0 bridgehead atoms. The van der Waals surface area contributed by atoms with Crippen LogP contribution in [-0.4, -0.2) is 34.2 Å². The Morgan fingerprint density at radius 3 is 3.00 bits per heavy atom. The molecule has 6 nitrogen and oxygen atoms in total. The monoisotopic (exact) mass is 346 g/mol. The molecule has 1 aromatic heterocycles. The Labute approximate surface area is 145 Å². The Morgan fingerprint density at radius 1 is 1.46 bits per heavy atom. The van der Waals surface area contributed by atoms with Gasteiger partial charge in [0, 0.05) is 43.3 Å². The smallest absolute Gasteiger partial charge is 0.229 e. The van der Waals surface area contributed by atoms with Gasteiger partial charge in [-0.2, -0.15) is 5.10 Å². The van der Waals surface area contributed by atoms with Crippen LogP contribution in [0.15, 0.2) is 36.7 Å². The number of benzene rings is 1. The molecule has 0 aliphatic carbocycles. The maximum Gasteiger partial charge on any atom is 0.229 e. The van der Waals surface area contributed by atoms with E-state index in [2.05, 4.69) is 10.4 Å². The van der Waals surface area contributed by atoms with E-state index in [-0.39, 0.29) is 17.9 Å². The van der Waals surface area contributed by atoms with Crippen LogP contribution < -0.4 is 10.2 Å². The SMILES string of the molecule is Cn1cc(CCC(=O)N[C@@H]2CC(=O)N(c3cccc(Cl)c3)C2)cn1. The van der Waals surface area contributed by atoms with Crippen molar-refractivity contribution in [1.29, 1.82) is 0 Å². The minimum atomic E-state index is -0.169. The first kappa shape index (κ1) is 16.5. The van der Waals surface area contributed by atoms with Crippen molar-refractivity contribution in [3.8, 4) is 0 Å². The minimum Gasteiger partial charge on any atom is -0.351 e. The number of halogens is 1. The van der Waals surface area contributed by atoms with Gasteiger partial charge in [0.25, 0.3) is 0 Å². The average Bonchev–Trinajstić information content (AvgIpc) is 3.11. The van der Waals surface area contributed by atoms with Crippen LogP contribution in [-0.2, 0) is 23.1 Å². The predicted octanol–water partition coefficient (Wildman–Crippen LogP) is 1.93. The molecule has 0 saturated carbocycles. The lowest BCUT2D eigenvalue weighted by Crippen LogP contribution is -2.37. The summed E-state index contributed by atoms with van der Waals surface area (Å²) in [5, 5.41) is 7.61. The summed E-state index contributed by atoms with van der Waals surface area (Å²) in [6.07, 6.45) is 4.98. The number of amides is 2. The van der Waals surface area contributed by atoms with E-state index in [1.165, 1.54) is 0 Å². The summed E-state index contributed by atoms with van der Waals surface area (Å²) in [4.78, 5) is 25.9. The quantitative estimate of drug-likeness (QED) is 0.899. The highest BCUT2D eigenvalue weighted by Crippen LogP contribution is 2.24. The Hall–Kier alpha value is -2.34. The Bertz CT molecular complexity index is 759. The summed E-state index contributed by atoms with van der Waals surface area (Å²) in [5.41, 5.74) is 1.79. The summed E-state index contributed by atoms with van der Waals surface area (Å²) in [7, 11) is 1.85. The number of nitrogens with zero attached hydrogens (tertiary/aromatic N) is 3. The third kappa shape index (κ3) is 3.94. The molecule has 0 spiro atoms. The molecule has 24 heavy (non-hydrogen) atoms. The lowest BCUT2D eigenvalue weighted by atomic mass is 10.2. The van der Waals surface area contributed by atoms with Gasteiger partial charge in [-0.15, -0.1) is 0 Å². The normalized spacial score (nSPS) is 17.3. The van der Waals surface area contributed by atoms with Gasteiger partial charge in [-0.3, -0.25) is 14.3 Å². The molecule has 0 radical (unpaired) electrons. The Morgan fingerprint density at radius 2 is 2.29 bits per heavy atom. The van der Waals surface area contributed by atoms with E-state index in [9.17, 15) is 9.59 Å². The van der Waals surface area contributed by atoms with Crippen LogP contribution in [0.25, 0.3) is 0 Å². The first-order valence-electron chi connectivity index (χ1n) is 7.84. The van der Waals surface area contributed by atoms with E-state index in [1.807, 2.05) is 25.4 Å². The van der Waals surface area contributed by atoms with Gasteiger partial charge in [0.1, 0.15) is 0 Å².